The van der Waals surface area contributed by atoms with Crippen molar-refractivity contribution >= 4 is 16.6 Å². The number of aromatic nitrogens is 1. The van der Waals surface area contributed by atoms with Crippen molar-refractivity contribution in [1.82, 2.24) is 4.98 Å². The number of ether oxygens (including phenoxy) is 1. The van der Waals surface area contributed by atoms with Gasteiger partial charge in [0.15, 0.2) is 6.29 Å². The first-order valence-electron chi connectivity index (χ1n) is 7.20. The molecular formula is C15H18N2O6. The number of aliphatic hydroxyl groups excluding tert-OH is 4. The van der Waals surface area contributed by atoms with Gasteiger partial charge in [0.25, 0.3) is 0 Å². The highest BCUT2D eigenvalue weighted by Crippen LogP contribution is 2.24. The van der Waals surface area contributed by atoms with Crippen molar-refractivity contribution in [2.75, 3.05) is 11.9 Å². The Hall–Kier alpha value is -1.97. The second-order valence-corrected chi connectivity index (χ2v) is 5.52. The van der Waals surface area contributed by atoms with Crippen LogP contribution in [0.15, 0.2) is 35.1 Å². The molecule has 8 nitrogen and oxygen atoms in total. The summed E-state index contributed by atoms with van der Waals surface area (Å²) in [5, 5.41) is 42.7. The molecular weight excluding hydrogens is 304 g/mol. The Labute approximate surface area is 131 Å². The van der Waals surface area contributed by atoms with Crippen LogP contribution in [0.1, 0.15) is 0 Å². The number of benzene rings is 1. The minimum Gasteiger partial charge on any atom is -0.394 e. The number of aromatic amines is 1. The number of nitrogens with one attached hydrogen (secondary N) is 2. The Balaban J connectivity index is 1.84. The van der Waals surface area contributed by atoms with E-state index in [0.717, 1.165) is 5.39 Å². The molecule has 8 heteroatoms. The van der Waals surface area contributed by atoms with Crippen LogP contribution >= 0.6 is 0 Å². The van der Waals surface area contributed by atoms with Crippen LogP contribution in [0.4, 0.5) is 5.69 Å². The van der Waals surface area contributed by atoms with E-state index in [0.29, 0.717) is 11.2 Å². The normalized spacial score (nSPS) is 31.2. The van der Waals surface area contributed by atoms with Gasteiger partial charge in [-0.1, -0.05) is 6.07 Å². The molecule has 0 radical (unpaired) electrons. The van der Waals surface area contributed by atoms with Crippen molar-refractivity contribution in [3.05, 3.63) is 40.7 Å². The highest BCUT2D eigenvalue weighted by molar-refractivity contribution is 5.81. The van der Waals surface area contributed by atoms with Gasteiger partial charge in [0.2, 0.25) is 5.56 Å². The third kappa shape index (κ3) is 3.07. The van der Waals surface area contributed by atoms with Crippen LogP contribution in [0, 0.1) is 0 Å². The van der Waals surface area contributed by atoms with Gasteiger partial charge in [-0.3, -0.25) is 4.79 Å². The topological polar surface area (TPSA) is 135 Å². The zero-order chi connectivity index (χ0) is 16.6. The molecule has 3 unspecified atom stereocenters. The zero-order valence-corrected chi connectivity index (χ0v) is 12.1. The lowest BCUT2D eigenvalue weighted by atomic mass is 9.97. The Bertz CT molecular complexity index is 748. The summed E-state index contributed by atoms with van der Waals surface area (Å²) in [5.41, 5.74) is 0.884. The fourth-order valence-electron chi connectivity index (χ4n) is 2.68. The molecule has 5 atom stereocenters. The quantitative estimate of drug-likeness (QED) is 0.415. The number of rotatable bonds is 3. The average Bonchev–Trinajstić information content (AvgIpc) is 2.54. The average molecular weight is 322 g/mol. The van der Waals surface area contributed by atoms with Gasteiger partial charge in [-0.05, 0) is 23.6 Å². The van der Waals surface area contributed by atoms with Crippen molar-refractivity contribution in [2.45, 2.75) is 30.6 Å². The van der Waals surface area contributed by atoms with Crippen molar-refractivity contribution in [3.63, 3.8) is 0 Å². The van der Waals surface area contributed by atoms with E-state index in [-0.39, 0.29) is 5.56 Å². The van der Waals surface area contributed by atoms with Crippen molar-refractivity contribution in [1.29, 1.82) is 0 Å². The van der Waals surface area contributed by atoms with E-state index < -0.39 is 37.3 Å². The predicted octanol–water partition coefficient (Wildman–Crippen LogP) is -1.26. The number of hydrogen-bond donors (Lipinski definition) is 6. The summed E-state index contributed by atoms with van der Waals surface area (Å²) in [4.78, 5) is 14.0. The Morgan fingerprint density at radius 1 is 1.13 bits per heavy atom. The smallest absolute Gasteiger partial charge is 0.248 e. The van der Waals surface area contributed by atoms with E-state index in [9.17, 15) is 20.1 Å². The second kappa shape index (κ2) is 6.26. The third-order valence-electron chi connectivity index (χ3n) is 3.96. The number of pyridine rings is 1. The molecule has 1 fully saturated rings. The van der Waals surface area contributed by atoms with Crippen LogP contribution in [0.25, 0.3) is 10.9 Å². The molecule has 1 aliphatic rings. The van der Waals surface area contributed by atoms with Gasteiger partial charge in [-0.15, -0.1) is 0 Å². The maximum Gasteiger partial charge on any atom is 0.248 e. The van der Waals surface area contributed by atoms with Gasteiger partial charge < -0.3 is 35.5 Å². The summed E-state index contributed by atoms with van der Waals surface area (Å²) >= 11 is 0. The minimum absolute atomic E-state index is 0.239. The van der Waals surface area contributed by atoms with E-state index in [1.54, 1.807) is 24.3 Å². The molecule has 1 aliphatic heterocycles. The summed E-state index contributed by atoms with van der Waals surface area (Å²) in [6.45, 7) is -0.515. The van der Waals surface area contributed by atoms with Crippen LogP contribution < -0.4 is 10.9 Å². The number of H-pyrrole nitrogens is 1. The maximum atomic E-state index is 11.4. The van der Waals surface area contributed by atoms with E-state index in [2.05, 4.69) is 10.3 Å². The van der Waals surface area contributed by atoms with E-state index >= 15 is 0 Å². The van der Waals surface area contributed by atoms with Gasteiger partial charge in [0.05, 0.1) is 12.1 Å². The minimum atomic E-state index is -1.41. The molecule has 0 spiro atoms. The first kappa shape index (κ1) is 15.9. The predicted molar refractivity (Wildman–Crippen MR) is 82.0 cm³/mol. The van der Waals surface area contributed by atoms with Crippen LogP contribution in [0.3, 0.4) is 0 Å². The van der Waals surface area contributed by atoms with Crippen molar-refractivity contribution < 1.29 is 25.2 Å². The summed E-state index contributed by atoms with van der Waals surface area (Å²) in [7, 11) is 0. The molecule has 1 aromatic heterocycles. The molecule has 0 amide bonds. The van der Waals surface area contributed by atoms with Crippen LogP contribution in [0.2, 0.25) is 0 Å². The molecule has 0 bridgehead atoms. The van der Waals surface area contributed by atoms with Gasteiger partial charge in [-0.2, -0.15) is 0 Å². The molecule has 2 aromatic rings. The van der Waals surface area contributed by atoms with E-state index in [1.165, 1.54) is 6.07 Å². The maximum absolute atomic E-state index is 11.4. The summed E-state index contributed by atoms with van der Waals surface area (Å²) < 4.78 is 5.08. The number of fused-ring (bicyclic) bond motifs is 1. The SMILES string of the molecule is O=c1ccc2ccc(N[C@@H]3C(O)OC(CO)[C@@H](O)C3O)cc2[nH]1. The lowest BCUT2D eigenvalue weighted by Gasteiger charge is -2.40. The monoisotopic (exact) mass is 322 g/mol. The lowest BCUT2D eigenvalue weighted by Crippen LogP contribution is -2.61. The largest absolute Gasteiger partial charge is 0.394 e. The van der Waals surface area contributed by atoms with E-state index in [1.807, 2.05) is 0 Å². The van der Waals surface area contributed by atoms with Crippen LogP contribution in [-0.2, 0) is 4.74 Å². The molecule has 0 aliphatic carbocycles. The molecule has 2 heterocycles. The van der Waals surface area contributed by atoms with Gasteiger partial charge in [0.1, 0.15) is 24.4 Å². The summed E-state index contributed by atoms with van der Waals surface area (Å²) in [5.74, 6) is 0. The standard InChI is InChI=1S/C15H18N2O6/c18-6-10-13(20)14(21)12(15(22)23-10)16-8-3-1-7-2-4-11(19)17-9(7)5-8/h1-5,10,12-16,18,20-22H,6H2,(H,17,19)/t10?,12-,13+,14?,15?/m0/s1. The number of aliphatic hydroxyl groups is 4. The Kier molecular flexibility index (Phi) is 4.33. The summed E-state index contributed by atoms with van der Waals surface area (Å²) in [6.07, 6.45) is -5.12. The van der Waals surface area contributed by atoms with Gasteiger partial charge in [-0.25, -0.2) is 0 Å². The first-order valence-corrected chi connectivity index (χ1v) is 7.20. The van der Waals surface area contributed by atoms with Gasteiger partial charge >= 0.3 is 0 Å². The molecule has 3 rings (SSSR count). The molecule has 124 valence electrons. The van der Waals surface area contributed by atoms with Crippen LogP contribution in [-0.4, -0.2) is 62.7 Å². The fraction of sp³-hybridized carbons (Fsp3) is 0.400. The third-order valence-corrected chi connectivity index (χ3v) is 3.96. The number of anilines is 1. The fourth-order valence-corrected chi connectivity index (χ4v) is 2.68. The lowest BCUT2D eigenvalue weighted by molar-refractivity contribution is -0.245. The Morgan fingerprint density at radius 3 is 2.61 bits per heavy atom. The molecule has 23 heavy (non-hydrogen) atoms. The number of hydrogen-bond acceptors (Lipinski definition) is 7. The van der Waals surface area contributed by atoms with Crippen molar-refractivity contribution in [2.24, 2.45) is 0 Å². The molecule has 1 aromatic carbocycles. The van der Waals surface area contributed by atoms with Crippen molar-refractivity contribution in [3.8, 4) is 0 Å². The highest BCUT2D eigenvalue weighted by Gasteiger charge is 2.43. The Morgan fingerprint density at radius 2 is 1.87 bits per heavy atom. The van der Waals surface area contributed by atoms with Crippen LogP contribution in [0.5, 0.6) is 0 Å². The molecule has 6 N–H and O–H groups in total. The first-order chi connectivity index (χ1) is 11.0. The second-order valence-electron chi connectivity index (χ2n) is 5.52. The zero-order valence-electron chi connectivity index (χ0n) is 12.1. The van der Waals surface area contributed by atoms with E-state index in [4.69, 9.17) is 9.84 Å². The molecule has 1 saturated heterocycles. The van der Waals surface area contributed by atoms with Gasteiger partial charge in [0, 0.05) is 11.8 Å². The molecule has 0 saturated carbocycles. The summed E-state index contributed by atoms with van der Waals surface area (Å²) in [6, 6.07) is 7.25. The highest BCUT2D eigenvalue weighted by atomic mass is 16.6.